The smallest absolute Gasteiger partial charge is 0.253 e. The highest BCUT2D eigenvalue weighted by molar-refractivity contribution is 5.94. The van der Waals surface area contributed by atoms with Crippen molar-refractivity contribution in [3.63, 3.8) is 0 Å². The predicted octanol–water partition coefficient (Wildman–Crippen LogP) is 2.40. The number of rotatable bonds is 5. The molecule has 9 heteroatoms. The molecule has 1 aliphatic heterocycles. The lowest BCUT2D eigenvalue weighted by Crippen LogP contribution is -2.39. The maximum absolute atomic E-state index is 13.4. The largest absolute Gasteiger partial charge is 0.496 e. The van der Waals surface area contributed by atoms with Gasteiger partial charge in [-0.3, -0.25) is 9.48 Å². The van der Waals surface area contributed by atoms with Gasteiger partial charge in [-0.1, -0.05) is 0 Å². The molecule has 3 aromatic heterocycles. The fourth-order valence-electron chi connectivity index (χ4n) is 4.25. The minimum Gasteiger partial charge on any atom is -0.496 e. The summed E-state index contributed by atoms with van der Waals surface area (Å²) in [4.78, 5) is 23.7. The zero-order valence-corrected chi connectivity index (χ0v) is 17.3. The van der Waals surface area contributed by atoms with Crippen molar-refractivity contribution in [2.24, 2.45) is 0 Å². The van der Waals surface area contributed by atoms with Crippen LogP contribution in [0.2, 0.25) is 0 Å². The van der Waals surface area contributed by atoms with E-state index < -0.39 is 0 Å². The van der Waals surface area contributed by atoms with Gasteiger partial charge in [0.2, 0.25) is 0 Å². The lowest BCUT2D eigenvalue weighted by Gasteiger charge is -2.33. The first-order valence-electron chi connectivity index (χ1n) is 10.3. The number of hydrogen-bond acceptors (Lipinski definition) is 6. The number of hydrogen-bond donors (Lipinski definition) is 0. The van der Waals surface area contributed by atoms with Gasteiger partial charge >= 0.3 is 0 Å². The molecule has 1 amide bonds. The monoisotopic (exact) mass is 417 g/mol. The first-order valence-corrected chi connectivity index (χ1v) is 10.3. The molecule has 0 radical (unpaired) electrons. The Labute approximate surface area is 179 Å². The molecular weight excluding hydrogens is 394 g/mol. The van der Waals surface area contributed by atoms with E-state index in [1.54, 1.807) is 24.0 Å². The minimum atomic E-state index is 0.0259. The van der Waals surface area contributed by atoms with Gasteiger partial charge in [0.15, 0.2) is 0 Å². The van der Waals surface area contributed by atoms with Gasteiger partial charge in [0, 0.05) is 48.7 Å². The third-order valence-corrected chi connectivity index (χ3v) is 5.76. The SMILES string of the molecule is COc1ccc(C(=O)N2CCC[C@H](c3ccnc4ncnn34)C2)cc1Cn1cccn1. The van der Waals surface area contributed by atoms with Gasteiger partial charge in [-0.05, 0) is 43.2 Å². The standard InChI is InChI=1S/C22H23N7O2/c1-31-20-6-5-16(12-18(20)14-28-11-3-8-25-28)21(30)27-10-2-4-17(13-27)19-7-9-23-22-24-15-26-29(19)22/h3,5-9,11-12,15,17H,2,4,10,13-14H2,1H3/t17-/m0/s1. The quantitative estimate of drug-likeness (QED) is 0.495. The second kappa shape index (κ2) is 8.17. The summed E-state index contributed by atoms with van der Waals surface area (Å²) in [6.07, 6.45) is 8.83. The van der Waals surface area contributed by atoms with Crippen molar-refractivity contribution < 1.29 is 9.53 Å². The van der Waals surface area contributed by atoms with E-state index in [2.05, 4.69) is 20.2 Å². The summed E-state index contributed by atoms with van der Waals surface area (Å²) < 4.78 is 9.08. The van der Waals surface area contributed by atoms with Crippen molar-refractivity contribution >= 4 is 11.7 Å². The summed E-state index contributed by atoms with van der Waals surface area (Å²) in [6.45, 7) is 1.92. The Morgan fingerprint density at radius 2 is 2.13 bits per heavy atom. The summed E-state index contributed by atoms with van der Waals surface area (Å²) in [7, 11) is 1.64. The van der Waals surface area contributed by atoms with Gasteiger partial charge in [-0.15, -0.1) is 0 Å². The molecule has 0 aliphatic carbocycles. The number of carbonyl (C=O) groups excluding carboxylic acids is 1. The lowest BCUT2D eigenvalue weighted by atomic mass is 9.94. The Balaban J connectivity index is 1.39. The number of ether oxygens (including phenoxy) is 1. The highest BCUT2D eigenvalue weighted by atomic mass is 16.5. The van der Waals surface area contributed by atoms with Crippen LogP contribution in [0.1, 0.15) is 40.4 Å². The summed E-state index contributed by atoms with van der Waals surface area (Å²) in [5.41, 5.74) is 2.61. The van der Waals surface area contributed by atoms with Crippen LogP contribution in [0.3, 0.4) is 0 Å². The highest BCUT2D eigenvalue weighted by Crippen LogP contribution is 2.28. The molecule has 1 aromatic carbocycles. The molecule has 9 nitrogen and oxygen atoms in total. The Hall–Kier alpha value is -3.75. The van der Waals surface area contributed by atoms with Crippen molar-refractivity contribution in [3.05, 3.63) is 72.1 Å². The average molecular weight is 417 g/mol. The Morgan fingerprint density at radius 1 is 1.19 bits per heavy atom. The number of methoxy groups -OCH3 is 1. The van der Waals surface area contributed by atoms with Crippen LogP contribution in [0.4, 0.5) is 0 Å². The molecule has 31 heavy (non-hydrogen) atoms. The number of benzene rings is 1. The molecule has 0 unspecified atom stereocenters. The number of amides is 1. The zero-order chi connectivity index (χ0) is 21.2. The van der Waals surface area contributed by atoms with E-state index in [0.29, 0.717) is 24.4 Å². The van der Waals surface area contributed by atoms with Crippen LogP contribution in [-0.2, 0) is 6.54 Å². The van der Waals surface area contributed by atoms with E-state index in [9.17, 15) is 4.79 Å². The van der Waals surface area contributed by atoms with Crippen LogP contribution < -0.4 is 4.74 Å². The fraction of sp³-hybridized carbons (Fsp3) is 0.318. The van der Waals surface area contributed by atoms with Gasteiger partial charge in [-0.2, -0.15) is 15.2 Å². The van der Waals surface area contributed by atoms with Crippen LogP contribution in [0, 0.1) is 0 Å². The van der Waals surface area contributed by atoms with Crippen LogP contribution >= 0.6 is 0 Å². The van der Waals surface area contributed by atoms with Crippen molar-refractivity contribution in [1.29, 1.82) is 0 Å². The molecule has 0 spiro atoms. The van der Waals surface area contributed by atoms with E-state index in [0.717, 1.165) is 36.4 Å². The molecule has 1 saturated heterocycles. The molecule has 4 aromatic rings. The minimum absolute atomic E-state index is 0.0259. The predicted molar refractivity (Wildman–Crippen MR) is 113 cm³/mol. The summed E-state index contributed by atoms with van der Waals surface area (Å²) in [6, 6.07) is 9.44. The molecule has 1 fully saturated rings. The second-order valence-electron chi connectivity index (χ2n) is 7.66. The first kappa shape index (κ1) is 19.2. The van der Waals surface area contributed by atoms with E-state index in [1.807, 2.05) is 46.1 Å². The molecule has 5 rings (SSSR count). The van der Waals surface area contributed by atoms with E-state index in [1.165, 1.54) is 6.33 Å². The van der Waals surface area contributed by atoms with Gasteiger partial charge in [0.25, 0.3) is 11.7 Å². The third-order valence-electron chi connectivity index (χ3n) is 5.76. The zero-order valence-electron chi connectivity index (χ0n) is 17.3. The molecule has 1 atom stereocenters. The molecule has 0 N–H and O–H groups in total. The Bertz CT molecular complexity index is 1200. The average Bonchev–Trinajstić information content (AvgIpc) is 3.50. The van der Waals surface area contributed by atoms with Gasteiger partial charge in [-0.25, -0.2) is 9.50 Å². The molecule has 158 valence electrons. The number of likely N-dealkylation sites (tertiary alicyclic amines) is 1. The lowest BCUT2D eigenvalue weighted by molar-refractivity contribution is 0.0705. The number of nitrogens with zero attached hydrogens (tertiary/aromatic N) is 7. The van der Waals surface area contributed by atoms with Gasteiger partial charge < -0.3 is 9.64 Å². The Kier molecular flexibility index (Phi) is 5.07. The summed E-state index contributed by atoms with van der Waals surface area (Å²) in [5.74, 6) is 1.54. The van der Waals surface area contributed by atoms with Crippen molar-refractivity contribution in [3.8, 4) is 5.75 Å². The molecule has 0 saturated carbocycles. The number of carbonyl (C=O) groups is 1. The summed E-state index contributed by atoms with van der Waals surface area (Å²) >= 11 is 0. The summed E-state index contributed by atoms with van der Waals surface area (Å²) in [5, 5.41) is 8.57. The van der Waals surface area contributed by atoms with Crippen molar-refractivity contribution in [1.82, 2.24) is 34.3 Å². The van der Waals surface area contributed by atoms with Gasteiger partial charge in [0.1, 0.15) is 12.1 Å². The molecule has 0 bridgehead atoms. The number of aromatic nitrogens is 6. The second-order valence-corrected chi connectivity index (χ2v) is 7.66. The van der Waals surface area contributed by atoms with Crippen LogP contribution in [0.15, 0.2) is 55.2 Å². The molecule has 4 heterocycles. The van der Waals surface area contributed by atoms with Crippen LogP contribution in [0.5, 0.6) is 5.75 Å². The number of fused-ring (bicyclic) bond motifs is 1. The van der Waals surface area contributed by atoms with Gasteiger partial charge in [0.05, 0.1) is 19.3 Å². The van der Waals surface area contributed by atoms with Crippen LogP contribution in [-0.4, -0.2) is 60.4 Å². The first-order chi connectivity index (χ1) is 15.2. The fourth-order valence-corrected chi connectivity index (χ4v) is 4.25. The topological polar surface area (TPSA) is 90.4 Å². The number of piperidine rings is 1. The van der Waals surface area contributed by atoms with Crippen LogP contribution in [0.25, 0.3) is 5.78 Å². The molecule has 1 aliphatic rings. The Morgan fingerprint density at radius 3 is 2.97 bits per heavy atom. The van der Waals surface area contributed by atoms with Crippen molar-refractivity contribution in [2.45, 2.75) is 25.3 Å². The van der Waals surface area contributed by atoms with Crippen molar-refractivity contribution in [2.75, 3.05) is 20.2 Å². The normalized spacial score (nSPS) is 16.5. The molecular formula is C22H23N7O2. The maximum atomic E-state index is 13.4. The van der Waals surface area contributed by atoms with E-state index >= 15 is 0 Å². The maximum Gasteiger partial charge on any atom is 0.253 e. The third kappa shape index (κ3) is 3.74. The van der Waals surface area contributed by atoms with E-state index in [4.69, 9.17) is 4.74 Å². The van der Waals surface area contributed by atoms with E-state index in [-0.39, 0.29) is 11.8 Å². The highest BCUT2D eigenvalue weighted by Gasteiger charge is 2.27.